The van der Waals surface area contributed by atoms with Crippen LogP contribution >= 0.6 is 23.2 Å². The Bertz CT molecular complexity index is 1510. The molecular formula is C26H21Cl2NO9S. The van der Waals surface area contributed by atoms with Crippen LogP contribution < -0.4 is 9.47 Å². The second-order valence-electron chi connectivity index (χ2n) is 7.98. The standard InChI is InChI=1S/C26H21Cl2NO9S/c1-2-35-20-11-17(36-14-22(30)37-13-16-7-4-3-5-8-16)12-21-24(20)25(31)29(39(21,33)34)15-38-26(32)23-18(27)9-6-10-19(23)28/h3-12H,2,13-15H2,1H3. The highest BCUT2D eigenvalue weighted by atomic mass is 35.5. The van der Waals surface area contributed by atoms with Crippen LogP contribution in [-0.4, -0.2) is 50.5 Å². The molecule has 4 rings (SSSR count). The first kappa shape index (κ1) is 28.2. The number of nitrogens with zero attached hydrogens (tertiary/aromatic N) is 1. The molecule has 0 aromatic heterocycles. The first-order valence-corrected chi connectivity index (χ1v) is 13.6. The zero-order chi connectivity index (χ0) is 28.2. The summed E-state index contributed by atoms with van der Waals surface area (Å²) in [5, 5.41) is -0.0109. The Hall–Kier alpha value is -3.80. The minimum atomic E-state index is -4.48. The van der Waals surface area contributed by atoms with Crippen molar-refractivity contribution in [3.8, 4) is 11.5 Å². The molecule has 0 unspecified atom stereocenters. The van der Waals surface area contributed by atoms with E-state index in [4.69, 9.17) is 42.1 Å². The number of hydrogen-bond acceptors (Lipinski definition) is 9. The summed E-state index contributed by atoms with van der Waals surface area (Å²) in [5.74, 6) is -2.82. The minimum Gasteiger partial charge on any atom is -0.493 e. The predicted octanol–water partition coefficient (Wildman–Crippen LogP) is 4.47. The smallest absolute Gasteiger partial charge is 0.344 e. The Kier molecular flexibility index (Phi) is 8.63. The van der Waals surface area contributed by atoms with Crippen molar-refractivity contribution >= 4 is 51.1 Å². The van der Waals surface area contributed by atoms with E-state index in [2.05, 4.69) is 0 Å². The van der Waals surface area contributed by atoms with Crippen molar-refractivity contribution in [3.63, 3.8) is 0 Å². The predicted molar refractivity (Wildman–Crippen MR) is 139 cm³/mol. The molecule has 1 aliphatic rings. The summed E-state index contributed by atoms with van der Waals surface area (Å²) in [4.78, 5) is 37.4. The fraction of sp³-hybridized carbons (Fsp3) is 0.192. The number of rotatable bonds is 10. The number of hydrogen-bond donors (Lipinski definition) is 0. The van der Waals surface area contributed by atoms with Crippen molar-refractivity contribution in [3.05, 3.63) is 87.4 Å². The van der Waals surface area contributed by atoms with Gasteiger partial charge in [0, 0.05) is 12.1 Å². The Morgan fingerprint density at radius 3 is 2.28 bits per heavy atom. The van der Waals surface area contributed by atoms with Crippen molar-refractivity contribution < 1.29 is 41.7 Å². The molecule has 1 heterocycles. The van der Waals surface area contributed by atoms with Gasteiger partial charge < -0.3 is 18.9 Å². The van der Waals surface area contributed by atoms with Crippen LogP contribution in [0.25, 0.3) is 0 Å². The number of amides is 1. The molecule has 204 valence electrons. The van der Waals surface area contributed by atoms with E-state index >= 15 is 0 Å². The van der Waals surface area contributed by atoms with Crippen molar-refractivity contribution in [2.45, 2.75) is 18.4 Å². The van der Waals surface area contributed by atoms with Gasteiger partial charge in [-0.2, -0.15) is 4.31 Å². The molecule has 0 fully saturated rings. The molecular weight excluding hydrogens is 573 g/mol. The van der Waals surface area contributed by atoms with E-state index < -0.39 is 46.1 Å². The SMILES string of the molecule is CCOc1cc(OCC(=O)OCc2ccccc2)cc2c1C(=O)N(COC(=O)c1c(Cl)cccc1Cl)S2(=O)=O. The van der Waals surface area contributed by atoms with E-state index in [1.807, 2.05) is 6.07 Å². The molecule has 0 radical (unpaired) electrons. The summed E-state index contributed by atoms with van der Waals surface area (Å²) in [6.07, 6.45) is 0. The van der Waals surface area contributed by atoms with E-state index in [0.29, 0.717) is 4.31 Å². The van der Waals surface area contributed by atoms with E-state index in [-0.39, 0.29) is 45.9 Å². The van der Waals surface area contributed by atoms with E-state index in [0.717, 1.165) is 11.6 Å². The summed E-state index contributed by atoms with van der Waals surface area (Å²) in [7, 11) is -4.48. The summed E-state index contributed by atoms with van der Waals surface area (Å²) in [5.41, 5.74) is 0.346. The molecule has 3 aromatic rings. The van der Waals surface area contributed by atoms with Crippen LogP contribution in [0.15, 0.2) is 65.6 Å². The maximum absolute atomic E-state index is 13.2. The number of fused-ring (bicyclic) bond motifs is 1. The van der Waals surface area contributed by atoms with Gasteiger partial charge in [-0.25, -0.2) is 18.0 Å². The maximum Gasteiger partial charge on any atom is 0.344 e. The van der Waals surface area contributed by atoms with E-state index in [9.17, 15) is 22.8 Å². The van der Waals surface area contributed by atoms with Crippen LogP contribution in [0.4, 0.5) is 0 Å². The molecule has 13 heteroatoms. The first-order valence-electron chi connectivity index (χ1n) is 11.4. The Morgan fingerprint density at radius 2 is 1.62 bits per heavy atom. The van der Waals surface area contributed by atoms with Gasteiger partial charge in [0.2, 0.25) is 0 Å². The number of ether oxygens (including phenoxy) is 4. The Balaban J connectivity index is 1.50. The number of benzene rings is 3. The lowest BCUT2D eigenvalue weighted by Crippen LogP contribution is -2.33. The monoisotopic (exact) mass is 593 g/mol. The van der Waals surface area contributed by atoms with E-state index in [1.54, 1.807) is 31.2 Å². The topological polar surface area (TPSA) is 126 Å². The number of halogens is 2. The molecule has 39 heavy (non-hydrogen) atoms. The minimum absolute atomic E-state index is 0.00545. The molecule has 0 N–H and O–H groups in total. The molecule has 1 amide bonds. The second-order valence-corrected chi connectivity index (χ2v) is 10.6. The molecule has 0 saturated carbocycles. The molecule has 10 nitrogen and oxygen atoms in total. The summed E-state index contributed by atoms with van der Waals surface area (Å²) in [6.45, 7) is 0.312. The van der Waals surface area contributed by atoms with Crippen molar-refractivity contribution in [2.24, 2.45) is 0 Å². The largest absolute Gasteiger partial charge is 0.493 e. The highest BCUT2D eigenvalue weighted by molar-refractivity contribution is 7.90. The van der Waals surface area contributed by atoms with Gasteiger partial charge >= 0.3 is 11.9 Å². The van der Waals surface area contributed by atoms with Gasteiger partial charge in [0.25, 0.3) is 15.9 Å². The quantitative estimate of drug-likeness (QED) is 0.313. The molecule has 0 aliphatic carbocycles. The highest BCUT2D eigenvalue weighted by Gasteiger charge is 2.45. The average molecular weight is 594 g/mol. The van der Waals surface area contributed by atoms with Crippen molar-refractivity contribution in [2.75, 3.05) is 19.9 Å². The van der Waals surface area contributed by atoms with Gasteiger partial charge in [-0.1, -0.05) is 59.6 Å². The van der Waals surface area contributed by atoms with Crippen LogP contribution in [0.5, 0.6) is 11.5 Å². The highest BCUT2D eigenvalue weighted by Crippen LogP contribution is 2.40. The number of carbonyl (C=O) groups is 3. The van der Waals surface area contributed by atoms with E-state index in [1.165, 1.54) is 24.3 Å². The van der Waals surface area contributed by atoms with Crippen molar-refractivity contribution in [1.82, 2.24) is 4.31 Å². The van der Waals surface area contributed by atoms with Crippen LogP contribution in [0.1, 0.15) is 33.2 Å². The Labute approximate surface area is 234 Å². The first-order chi connectivity index (χ1) is 18.6. The third-order valence-corrected chi connectivity index (χ3v) is 7.79. The van der Waals surface area contributed by atoms with Gasteiger partial charge in [-0.05, 0) is 24.6 Å². The number of esters is 2. The second kappa shape index (κ2) is 11.9. The van der Waals surface area contributed by atoms with Gasteiger partial charge in [-0.15, -0.1) is 0 Å². The van der Waals surface area contributed by atoms with Gasteiger partial charge in [0.15, 0.2) is 13.3 Å². The molecule has 1 aliphatic heterocycles. The fourth-order valence-corrected chi connectivity index (χ4v) is 5.62. The zero-order valence-electron chi connectivity index (χ0n) is 20.4. The summed E-state index contributed by atoms with van der Waals surface area (Å²) in [6, 6.07) is 15.7. The molecule has 0 atom stereocenters. The summed E-state index contributed by atoms with van der Waals surface area (Å²) < 4.78 is 48.0. The fourth-order valence-electron chi connectivity index (χ4n) is 3.62. The van der Waals surface area contributed by atoms with Crippen LogP contribution in [0, 0.1) is 0 Å². The van der Waals surface area contributed by atoms with Gasteiger partial charge in [0.1, 0.15) is 28.6 Å². The van der Waals surface area contributed by atoms with Crippen molar-refractivity contribution in [1.29, 1.82) is 0 Å². The lowest BCUT2D eigenvalue weighted by Gasteiger charge is -2.15. The maximum atomic E-state index is 13.2. The zero-order valence-corrected chi connectivity index (χ0v) is 22.7. The molecule has 0 saturated heterocycles. The lowest BCUT2D eigenvalue weighted by molar-refractivity contribution is -0.147. The van der Waals surface area contributed by atoms with Gasteiger partial charge in [-0.3, -0.25) is 4.79 Å². The van der Waals surface area contributed by atoms with Crippen LogP contribution in [0.2, 0.25) is 10.0 Å². The molecule has 0 bridgehead atoms. The molecule has 3 aromatic carbocycles. The third kappa shape index (κ3) is 6.11. The van der Waals surface area contributed by atoms with Crippen LogP contribution in [0.3, 0.4) is 0 Å². The lowest BCUT2D eigenvalue weighted by atomic mass is 10.1. The number of sulfonamides is 1. The van der Waals surface area contributed by atoms with Crippen LogP contribution in [-0.2, 0) is 30.9 Å². The summed E-state index contributed by atoms with van der Waals surface area (Å²) >= 11 is 12.0. The third-order valence-electron chi connectivity index (χ3n) is 5.43. The normalized spacial score (nSPS) is 13.5. The van der Waals surface area contributed by atoms with Gasteiger partial charge in [0.05, 0.1) is 22.2 Å². The molecule has 0 spiro atoms. The Morgan fingerprint density at radius 1 is 0.923 bits per heavy atom. The average Bonchev–Trinajstić information content (AvgIpc) is 3.10. The number of carbonyl (C=O) groups excluding carboxylic acids is 3.